The normalized spacial score (nSPS) is 12.0. The van der Waals surface area contributed by atoms with Gasteiger partial charge in [-0.2, -0.15) is 0 Å². The van der Waals surface area contributed by atoms with Crippen LogP contribution in [0.1, 0.15) is 317 Å². The van der Waals surface area contributed by atoms with Crippen LogP contribution in [0.5, 0.6) is 0 Å². The number of ether oxygens (including phenoxy) is 3. The Morgan fingerprint density at radius 2 is 0.532 bits per heavy atom. The van der Waals surface area contributed by atoms with E-state index in [0.29, 0.717) is 19.3 Å². The Kier molecular flexibility index (Phi) is 49.1. The summed E-state index contributed by atoms with van der Waals surface area (Å²) in [4.78, 5) is 38.0. The van der Waals surface area contributed by atoms with Crippen molar-refractivity contribution in [3.05, 3.63) is 0 Å². The molecule has 0 heterocycles. The standard InChI is InChI=1S/C56H108O6/c1-5-7-9-11-13-15-17-19-20-21-22-23-24-26-28-32-36-40-44-48-55(58)61-51-53(62-56(59)49-45-41-37-33-29-30-34-38-42-46-52(3)4)50-60-54(57)47-43-39-35-31-27-25-18-16-14-12-10-8-6-2/h52-53H,5-51H2,1-4H3/t53-/m0/s1. The summed E-state index contributed by atoms with van der Waals surface area (Å²) < 4.78 is 16.8. The molecule has 0 saturated carbocycles. The van der Waals surface area contributed by atoms with Gasteiger partial charge < -0.3 is 14.2 Å². The van der Waals surface area contributed by atoms with Crippen molar-refractivity contribution in [2.45, 2.75) is 323 Å². The van der Waals surface area contributed by atoms with Gasteiger partial charge in [0.25, 0.3) is 0 Å². The Bertz CT molecular complexity index is 933. The van der Waals surface area contributed by atoms with Gasteiger partial charge in [-0.05, 0) is 25.2 Å². The molecule has 1 atom stereocenters. The molecule has 0 N–H and O–H groups in total. The van der Waals surface area contributed by atoms with Crippen LogP contribution in [0.25, 0.3) is 0 Å². The van der Waals surface area contributed by atoms with Gasteiger partial charge in [0, 0.05) is 19.3 Å². The van der Waals surface area contributed by atoms with Crippen LogP contribution < -0.4 is 0 Å². The number of hydrogen-bond donors (Lipinski definition) is 0. The molecule has 6 nitrogen and oxygen atoms in total. The Morgan fingerprint density at radius 3 is 0.790 bits per heavy atom. The lowest BCUT2D eigenvalue weighted by molar-refractivity contribution is -0.167. The second-order valence-electron chi connectivity index (χ2n) is 19.7. The fraction of sp³-hybridized carbons (Fsp3) is 0.946. The third kappa shape index (κ3) is 49.4. The average Bonchev–Trinajstić information content (AvgIpc) is 3.26. The molecule has 0 saturated heterocycles. The summed E-state index contributed by atoms with van der Waals surface area (Å²) in [5.41, 5.74) is 0. The highest BCUT2D eigenvalue weighted by molar-refractivity contribution is 5.71. The molecule has 0 spiro atoms. The van der Waals surface area contributed by atoms with Gasteiger partial charge in [-0.15, -0.1) is 0 Å². The fourth-order valence-electron chi connectivity index (χ4n) is 8.57. The molecule has 0 aromatic rings. The van der Waals surface area contributed by atoms with Crippen LogP contribution in [0.4, 0.5) is 0 Å². The van der Waals surface area contributed by atoms with Gasteiger partial charge in [0.1, 0.15) is 13.2 Å². The summed E-state index contributed by atoms with van der Waals surface area (Å²) in [7, 11) is 0. The lowest BCUT2D eigenvalue weighted by Crippen LogP contribution is -2.30. The van der Waals surface area contributed by atoms with Crippen molar-refractivity contribution >= 4 is 17.9 Å². The zero-order valence-electron chi connectivity index (χ0n) is 42.3. The molecule has 0 fully saturated rings. The topological polar surface area (TPSA) is 78.9 Å². The Morgan fingerprint density at radius 1 is 0.306 bits per heavy atom. The number of carbonyl (C=O) groups is 3. The van der Waals surface area contributed by atoms with Gasteiger partial charge >= 0.3 is 17.9 Å². The molecule has 0 bridgehead atoms. The highest BCUT2D eigenvalue weighted by Crippen LogP contribution is 2.18. The van der Waals surface area contributed by atoms with Crippen LogP contribution in [0, 0.1) is 5.92 Å². The van der Waals surface area contributed by atoms with Gasteiger partial charge in [0.05, 0.1) is 0 Å². The van der Waals surface area contributed by atoms with E-state index < -0.39 is 6.10 Å². The largest absolute Gasteiger partial charge is 0.462 e. The first-order chi connectivity index (χ1) is 30.4. The first-order valence-corrected chi connectivity index (χ1v) is 27.9. The number of hydrogen-bond acceptors (Lipinski definition) is 6. The van der Waals surface area contributed by atoms with Crippen LogP contribution in [0.15, 0.2) is 0 Å². The predicted octanol–water partition coefficient (Wildman–Crippen LogP) is 18.2. The lowest BCUT2D eigenvalue weighted by atomic mass is 10.0. The predicted molar refractivity (Wildman–Crippen MR) is 266 cm³/mol. The average molecular weight is 877 g/mol. The molecule has 0 aromatic carbocycles. The van der Waals surface area contributed by atoms with Crippen LogP contribution in [-0.4, -0.2) is 37.2 Å². The number of rotatable bonds is 51. The van der Waals surface area contributed by atoms with E-state index in [1.54, 1.807) is 0 Å². The molecule has 0 unspecified atom stereocenters. The van der Waals surface area contributed by atoms with Crippen molar-refractivity contribution in [1.82, 2.24) is 0 Å². The number of carbonyl (C=O) groups excluding carboxylic acids is 3. The minimum absolute atomic E-state index is 0.0626. The molecule has 368 valence electrons. The van der Waals surface area contributed by atoms with Crippen LogP contribution in [0.3, 0.4) is 0 Å². The summed E-state index contributed by atoms with van der Waals surface area (Å²) in [6.45, 7) is 9.02. The maximum absolute atomic E-state index is 12.8. The van der Waals surface area contributed by atoms with E-state index in [1.165, 1.54) is 212 Å². The quantitative estimate of drug-likeness (QED) is 0.0344. The molecule has 0 aliphatic carbocycles. The zero-order valence-corrected chi connectivity index (χ0v) is 42.3. The molecular formula is C56H108O6. The maximum Gasteiger partial charge on any atom is 0.306 e. The molecule has 0 rings (SSSR count). The van der Waals surface area contributed by atoms with E-state index in [4.69, 9.17) is 14.2 Å². The molecule has 0 amide bonds. The molecular weight excluding hydrogens is 769 g/mol. The van der Waals surface area contributed by atoms with Crippen LogP contribution >= 0.6 is 0 Å². The minimum Gasteiger partial charge on any atom is -0.462 e. The Balaban J connectivity index is 4.25. The van der Waals surface area contributed by atoms with Crippen LogP contribution in [0.2, 0.25) is 0 Å². The summed E-state index contributed by atoms with van der Waals surface area (Å²) in [6.07, 6.45) is 53.8. The second-order valence-corrected chi connectivity index (χ2v) is 19.7. The van der Waals surface area contributed by atoms with Crippen LogP contribution in [-0.2, 0) is 28.6 Å². The van der Waals surface area contributed by atoms with E-state index in [2.05, 4.69) is 27.7 Å². The third-order valence-corrected chi connectivity index (χ3v) is 12.8. The monoisotopic (exact) mass is 877 g/mol. The first kappa shape index (κ1) is 60.4. The van der Waals surface area contributed by atoms with Crippen molar-refractivity contribution in [1.29, 1.82) is 0 Å². The highest BCUT2D eigenvalue weighted by atomic mass is 16.6. The maximum atomic E-state index is 12.8. The lowest BCUT2D eigenvalue weighted by Gasteiger charge is -2.18. The SMILES string of the molecule is CCCCCCCCCCCCCCCCCCCCCC(=O)OC[C@H](COC(=O)CCCCCCCCCCCCCCC)OC(=O)CCCCCCCCCCCC(C)C. The molecule has 0 radical (unpaired) electrons. The fourth-order valence-corrected chi connectivity index (χ4v) is 8.57. The molecule has 0 aromatic heterocycles. The third-order valence-electron chi connectivity index (χ3n) is 12.8. The Hall–Kier alpha value is -1.59. The Labute approximate surface area is 387 Å². The smallest absolute Gasteiger partial charge is 0.306 e. The molecule has 0 aliphatic rings. The van der Waals surface area contributed by atoms with E-state index in [0.717, 1.165) is 63.7 Å². The second kappa shape index (κ2) is 50.4. The van der Waals surface area contributed by atoms with Gasteiger partial charge in [0.15, 0.2) is 6.10 Å². The van der Waals surface area contributed by atoms with Crippen molar-refractivity contribution < 1.29 is 28.6 Å². The van der Waals surface area contributed by atoms with Gasteiger partial charge in [0.2, 0.25) is 0 Å². The van der Waals surface area contributed by atoms with E-state index in [9.17, 15) is 14.4 Å². The van der Waals surface area contributed by atoms with Crippen molar-refractivity contribution in [3.63, 3.8) is 0 Å². The van der Waals surface area contributed by atoms with E-state index in [-0.39, 0.29) is 31.1 Å². The molecule has 62 heavy (non-hydrogen) atoms. The van der Waals surface area contributed by atoms with Gasteiger partial charge in [-0.3, -0.25) is 14.4 Å². The highest BCUT2D eigenvalue weighted by Gasteiger charge is 2.19. The zero-order chi connectivity index (χ0) is 45.2. The first-order valence-electron chi connectivity index (χ1n) is 27.9. The minimum atomic E-state index is -0.761. The van der Waals surface area contributed by atoms with E-state index in [1.807, 2.05) is 0 Å². The summed E-state index contributed by atoms with van der Waals surface area (Å²) >= 11 is 0. The van der Waals surface area contributed by atoms with Crippen molar-refractivity contribution in [2.75, 3.05) is 13.2 Å². The molecule has 0 aliphatic heterocycles. The number of esters is 3. The molecule has 6 heteroatoms. The van der Waals surface area contributed by atoms with Crippen molar-refractivity contribution in [2.24, 2.45) is 5.92 Å². The van der Waals surface area contributed by atoms with Gasteiger partial charge in [-0.25, -0.2) is 0 Å². The number of unbranched alkanes of at least 4 members (excludes halogenated alkanes) is 38. The summed E-state index contributed by atoms with van der Waals surface area (Å²) in [6, 6.07) is 0. The van der Waals surface area contributed by atoms with Crippen molar-refractivity contribution in [3.8, 4) is 0 Å². The van der Waals surface area contributed by atoms with E-state index >= 15 is 0 Å². The van der Waals surface area contributed by atoms with Gasteiger partial charge in [-0.1, -0.05) is 278 Å². The summed E-state index contributed by atoms with van der Waals surface area (Å²) in [5.74, 6) is -0.0350. The summed E-state index contributed by atoms with van der Waals surface area (Å²) in [5, 5.41) is 0.